The molecule has 0 saturated carbocycles. The van der Waals surface area contributed by atoms with E-state index in [4.69, 9.17) is 28.4 Å². The van der Waals surface area contributed by atoms with Gasteiger partial charge in [0.2, 0.25) is 5.91 Å². The molecule has 13 nitrogen and oxygen atoms in total. The van der Waals surface area contributed by atoms with Crippen molar-refractivity contribution in [1.29, 1.82) is 0 Å². The van der Waals surface area contributed by atoms with E-state index in [1.165, 1.54) is 6.92 Å². The van der Waals surface area contributed by atoms with Crippen LogP contribution in [0, 0.1) is 0 Å². The van der Waals surface area contributed by atoms with Gasteiger partial charge >= 0.3 is 23.9 Å². The van der Waals surface area contributed by atoms with Crippen LogP contribution in [0.1, 0.15) is 34.1 Å². The van der Waals surface area contributed by atoms with E-state index < -0.39 is 72.5 Å². The van der Waals surface area contributed by atoms with Crippen molar-refractivity contribution < 1.29 is 57.2 Å². The predicted octanol–water partition coefficient (Wildman–Crippen LogP) is -0.654. The molecule has 0 aromatic heterocycles. The van der Waals surface area contributed by atoms with Crippen molar-refractivity contribution in [2.24, 2.45) is 0 Å². The van der Waals surface area contributed by atoms with E-state index in [0.717, 1.165) is 47.1 Å². The van der Waals surface area contributed by atoms with E-state index in [1.807, 2.05) is 0 Å². The first-order valence-corrected chi connectivity index (χ1v) is 10.1. The summed E-state index contributed by atoms with van der Waals surface area (Å²) in [6, 6.07) is -1.21. The lowest BCUT2D eigenvalue weighted by Gasteiger charge is -2.48. The van der Waals surface area contributed by atoms with Crippen LogP contribution in [0.5, 0.6) is 0 Å². The van der Waals surface area contributed by atoms with Gasteiger partial charge in [-0.05, 0) is 12.2 Å². The van der Waals surface area contributed by atoms with Gasteiger partial charge in [-0.1, -0.05) is 0 Å². The number of methoxy groups -OCH3 is 2. The molecule has 1 N–H and O–H groups in total. The maximum Gasteiger partial charge on any atom is 0.366 e. The predicted molar refractivity (Wildman–Crippen MR) is 111 cm³/mol. The summed E-state index contributed by atoms with van der Waals surface area (Å²) >= 11 is 0. The van der Waals surface area contributed by atoms with Crippen LogP contribution in [0.25, 0.3) is 0 Å². The van der Waals surface area contributed by atoms with E-state index >= 15 is 0 Å². The number of hydrogen-bond donors (Lipinski definition) is 1. The van der Waals surface area contributed by atoms with Crippen molar-refractivity contribution in [3.05, 3.63) is 12.2 Å². The lowest BCUT2D eigenvalue weighted by atomic mass is 9.87. The molecule has 0 unspecified atom stereocenters. The van der Waals surface area contributed by atoms with Crippen LogP contribution in [-0.4, -0.2) is 86.5 Å². The molecule has 0 bridgehead atoms. The Balaban J connectivity index is 3.75. The number of carbonyl (C=O) groups excluding carboxylic acids is 6. The van der Waals surface area contributed by atoms with Gasteiger partial charge in [0.05, 0.1) is 19.6 Å². The topological polar surface area (TPSA) is 170 Å². The van der Waals surface area contributed by atoms with Gasteiger partial charge in [-0.15, -0.1) is 0 Å². The van der Waals surface area contributed by atoms with Crippen molar-refractivity contribution in [2.75, 3.05) is 14.2 Å². The van der Waals surface area contributed by atoms with Gasteiger partial charge in [0, 0.05) is 34.8 Å². The third kappa shape index (κ3) is 7.63. The fourth-order valence-corrected chi connectivity index (χ4v) is 3.53. The lowest BCUT2D eigenvalue weighted by molar-refractivity contribution is -0.305. The first-order chi connectivity index (χ1) is 15.9. The number of hydrogen-bond acceptors (Lipinski definition) is 12. The first kappa shape index (κ1) is 28.7. The summed E-state index contributed by atoms with van der Waals surface area (Å²) in [5.41, 5.74) is 0. The molecule has 1 aliphatic rings. The van der Waals surface area contributed by atoms with Gasteiger partial charge in [-0.25, -0.2) is 4.79 Å². The zero-order chi connectivity index (χ0) is 26.1. The Bertz CT molecular complexity index is 825. The fourth-order valence-electron chi connectivity index (χ4n) is 3.53. The zero-order valence-electron chi connectivity index (χ0n) is 19.7. The second-order valence-electron chi connectivity index (χ2n) is 7.28. The minimum absolute atomic E-state index is 0.393. The first-order valence-electron chi connectivity index (χ1n) is 10.1. The van der Waals surface area contributed by atoms with Crippen molar-refractivity contribution in [3.8, 4) is 0 Å². The van der Waals surface area contributed by atoms with Crippen molar-refractivity contribution in [1.82, 2.24) is 5.32 Å². The monoisotopic (exact) mass is 487 g/mol. The molecule has 0 aromatic rings. The number of amides is 1. The largest absolute Gasteiger partial charge is 0.465 e. The Morgan fingerprint density at radius 3 is 2.06 bits per heavy atom. The second kappa shape index (κ2) is 12.8. The average molecular weight is 487 g/mol. The number of rotatable bonds is 10. The smallest absolute Gasteiger partial charge is 0.366 e. The molecule has 1 rings (SSSR count). The molecule has 190 valence electrons. The summed E-state index contributed by atoms with van der Waals surface area (Å²) in [6.07, 6.45) is -3.55. The molecule has 1 aliphatic heterocycles. The van der Waals surface area contributed by atoms with E-state index in [9.17, 15) is 28.8 Å². The quantitative estimate of drug-likeness (QED) is 0.179. The van der Waals surface area contributed by atoms with E-state index in [2.05, 4.69) is 5.32 Å². The van der Waals surface area contributed by atoms with Crippen molar-refractivity contribution in [2.45, 2.75) is 70.4 Å². The Kier molecular flexibility index (Phi) is 10.8. The Morgan fingerprint density at radius 2 is 1.62 bits per heavy atom. The van der Waals surface area contributed by atoms with Crippen LogP contribution in [0.2, 0.25) is 0 Å². The minimum atomic E-state index is -2.15. The summed E-state index contributed by atoms with van der Waals surface area (Å²) in [5, 5.41) is 2.55. The maximum absolute atomic E-state index is 12.6. The number of carbonyl (C=O) groups is 6. The molecule has 6 atom stereocenters. The number of nitrogens with one attached hydrogen (secondary N) is 1. The molecule has 34 heavy (non-hydrogen) atoms. The van der Waals surface area contributed by atoms with Gasteiger partial charge in [-0.3, -0.25) is 24.0 Å². The van der Waals surface area contributed by atoms with Crippen molar-refractivity contribution in [3.63, 3.8) is 0 Å². The number of ether oxygens (including phenoxy) is 6. The highest BCUT2D eigenvalue weighted by Gasteiger charge is 2.58. The summed E-state index contributed by atoms with van der Waals surface area (Å²) < 4.78 is 31.9. The number of aldehydes is 1. The van der Waals surface area contributed by atoms with Gasteiger partial charge in [0.25, 0.3) is 5.79 Å². The molecule has 1 amide bonds. The highest BCUT2D eigenvalue weighted by Crippen LogP contribution is 2.36. The van der Waals surface area contributed by atoms with Gasteiger partial charge in [0.1, 0.15) is 18.5 Å². The van der Waals surface area contributed by atoms with Crippen LogP contribution in [0.3, 0.4) is 0 Å². The molecule has 1 saturated heterocycles. The average Bonchev–Trinajstić information content (AvgIpc) is 2.74. The van der Waals surface area contributed by atoms with Crippen LogP contribution >= 0.6 is 0 Å². The molecule has 0 spiro atoms. The summed E-state index contributed by atoms with van der Waals surface area (Å²) in [6.45, 7) is 4.43. The second-order valence-corrected chi connectivity index (χ2v) is 7.28. The Hall–Kier alpha value is -3.32. The lowest BCUT2D eigenvalue weighted by Crippen LogP contribution is -2.68. The van der Waals surface area contributed by atoms with Crippen LogP contribution in [-0.2, 0) is 57.2 Å². The van der Waals surface area contributed by atoms with E-state index in [0.29, 0.717) is 6.29 Å². The highest BCUT2D eigenvalue weighted by molar-refractivity contribution is 5.79. The summed E-state index contributed by atoms with van der Waals surface area (Å²) in [4.78, 5) is 71.1. The van der Waals surface area contributed by atoms with Gasteiger partial charge in [0.15, 0.2) is 12.2 Å². The maximum atomic E-state index is 12.6. The van der Waals surface area contributed by atoms with Crippen LogP contribution < -0.4 is 5.32 Å². The Labute approximate surface area is 196 Å². The molecular weight excluding hydrogens is 458 g/mol. The molecule has 0 aromatic carbocycles. The summed E-state index contributed by atoms with van der Waals surface area (Å²) in [5.74, 6) is -6.13. The molecule has 0 radical (unpaired) electrons. The van der Waals surface area contributed by atoms with E-state index in [1.54, 1.807) is 0 Å². The normalized spacial score (nSPS) is 26.0. The summed E-state index contributed by atoms with van der Waals surface area (Å²) in [7, 11) is 2.20. The van der Waals surface area contributed by atoms with Gasteiger partial charge in [-0.2, -0.15) is 0 Å². The van der Waals surface area contributed by atoms with E-state index in [-0.39, 0.29) is 0 Å². The van der Waals surface area contributed by atoms with Crippen LogP contribution in [0.4, 0.5) is 0 Å². The molecule has 1 fully saturated rings. The molecule has 13 heteroatoms. The molecule has 0 aliphatic carbocycles. The molecular formula is C21H29NO12. The fraction of sp³-hybridized carbons (Fsp3) is 0.619. The SMILES string of the molecule is COC(=O)[C@]1(OC)C[C@H](OC(C)=O)[C@@H](NC(C)=O)[C@H]([C@@H](OC(C)=O)[C@@H](/C=C/C=O)OC(C)=O)O1. The zero-order valence-corrected chi connectivity index (χ0v) is 19.7. The van der Waals surface area contributed by atoms with Crippen molar-refractivity contribution >= 4 is 36.1 Å². The minimum Gasteiger partial charge on any atom is -0.465 e. The van der Waals surface area contributed by atoms with Crippen LogP contribution in [0.15, 0.2) is 12.2 Å². The standard InChI is InChI=1S/C21H29NO12/c1-11(24)22-17-16(32-13(3)26)10-21(30-6,20(28)29-5)34-19(17)18(33-14(4)27)15(8-7-9-23)31-12(2)25/h7-9,15-19H,10H2,1-6H3,(H,22,24)/b8-7+/t15-,16+,17-,18+,19-,21+/m1/s1. The number of allylic oxidation sites excluding steroid dienone is 1. The highest BCUT2D eigenvalue weighted by atomic mass is 16.7. The third-order valence-corrected chi connectivity index (χ3v) is 4.70. The number of esters is 4. The van der Waals surface area contributed by atoms with Gasteiger partial charge < -0.3 is 33.7 Å². The Morgan fingerprint density at radius 1 is 1.00 bits per heavy atom. The third-order valence-electron chi connectivity index (χ3n) is 4.70. The molecule has 1 heterocycles.